The van der Waals surface area contributed by atoms with Crippen molar-refractivity contribution in [3.63, 3.8) is 0 Å². The first-order valence-electron chi connectivity index (χ1n) is 7.23. The molecule has 0 aromatic heterocycles. The molecule has 0 aromatic rings. The molecule has 16 heavy (non-hydrogen) atoms. The first kappa shape index (κ1) is 12.4. The molecule has 0 radical (unpaired) electrons. The largest absolute Gasteiger partial charge is 0.310 e. The number of nitrogens with zero attached hydrogens (tertiary/aromatic N) is 1. The number of hydrogen-bond donors (Lipinski definition) is 1. The maximum absolute atomic E-state index is 3.80. The topological polar surface area (TPSA) is 15.3 Å². The molecule has 2 heteroatoms. The van der Waals surface area contributed by atoms with Crippen LogP contribution in [0.3, 0.4) is 0 Å². The summed E-state index contributed by atoms with van der Waals surface area (Å²) >= 11 is 0. The van der Waals surface area contributed by atoms with Crippen LogP contribution in [0.4, 0.5) is 0 Å². The van der Waals surface area contributed by atoms with Gasteiger partial charge in [0, 0.05) is 18.1 Å². The van der Waals surface area contributed by atoms with Gasteiger partial charge in [-0.15, -0.1) is 0 Å². The van der Waals surface area contributed by atoms with E-state index in [1.165, 1.54) is 51.7 Å². The molecule has 1 saturated heterocycles. The molecular formula is C14H28N2. The lowest BCUT2D eigenvalue weighted by Crippen LogP contribution is -2.51. The molecule has 0 spiro atoms. The second-order valence-corrected chi connectivity index (χ2v) is 5.71. The summed E-state index contributed by atoms with van der Waals surface area (Å²) in [6.45, 7) is 10.8. The Morgan fingerprint density at radius 2 is 2.00 bits per heavy atom. The Hall–Kier alpha value is -0.0800. The highest BCUT2D eigenvalue weighted by molar-refractivity contribution is 5.00. The zero-order chi connectivity index (χ0) is 11.6. The molecule has 2 aliphatic rings. The van der Waals surface area contributed by atoms with Crippen molar-refractivity contribution >= 4 is 0 Å². The molecule has 1 aliphatic heterocycles. The summed E-state index contributed by atoms with van der Waals surface area (Å²) in [7, 11) is 0. The summed E-state index contributed by atoms with van der Waals surface area (Å²) in [5.74, 6) is 1.00. The van der Waals surface area contributed by atoms with E-state index < -0.39 is 0 Å². The average Bonchev–Trinajstić information content (AvgIpc) is 3.11. The van der Waals surface area contributed by atoms with E-state index in [2.05, 4.69) is 31.0 Å². The van der Waals surface area contributed by atoms with Crippen LogP contribution in [0.15, 0.2) is 0 Å². The summed E-state index contributed by atoms with van der Waals surface area (Å²) in [6.07, 6.45) is 6.70. The fraction of sp³-hybridized carbons (Fsp3) is 1.00. The van der Waals surface area contributed by atoms with Gasteiger partial charge in [0.15, 0.2) is 0 Å². The zero-order valence-electron chi connectivity index (χ0n) is 11.3. The number of hydrogen-bond acceptors (Lipinski definition) is 2. The van der Waals surface area contributed by atoms with Crippen LogP contribution in [0.5, 0.6) is 0 Å². The molecule has 1 saturated carbocycles. The van der Waals surface area contributed by atoms with E-state index in [0.29, 0.717) is 5.54 Å². The van der Waals surface area contributed by atoms with Gasteiger partial charge in [0.1, 0.15) is 0 Å². The Kier molecular flexibility index (Phi) is 3.91. The lowest BCUT2D eigenvalue weighted by atomic mass is 9.92. The van der Waals surface area contributed by atoms with Gasteiger partial charge in [-0.1, -0.05) is 27.2 Å². The predicted octanol–water partition coefficient (Wildman–Crippen LogP) is 2.64. The van der Waals surface area contributed by atoms with Crippen molar-refractivity contribution in [3.05, 3.63) is 0 Å². The third-order valence-corrected chi connectivity index (χ3v) is 4.86. The fourth-order valence-corrected chi connectivity index (χ4v) is 3.28. The van der Waals surface area contributed by atoms with Crippen LogP contribution in [0.1, 0.15) is 52.9 Å². The van der Waals surface area contributed by atoms with Crippen molar-refractivity contribution in [3.8, 4) is 0 Å². The monoisotopic (exact) mass is 224 g/mol. The van der Waals surface area contributed by atoms with Crippen LogP contribution in [0, 0.1) is 5.92 Å². The number of rotatable bonds is 4. The molecule has 2 unspecified atom stereocenters. The van der Waals surface area contributed by atoms with Crippen molar-refractivity contribution in [1.82, 2.24) is 10.2 Å². The van der Waals surface area contributed by atoms with Gasteiger partial charge in [-0.25, -0.2) is 0 Å². The normalized spacial score (nSPS) is 34.7. The molecule has 0 aromatic carbocycles. The zero-order valence-corrected chi connectivity index (χ0v) is 11.3. The highest BCUT2D eigenvalue weighted by Gasteiger charge is 2.43. The van der Waals surface area contributed by atoms with Crippen LogP contribution in [0.2, 0.25) is 0 Å². The molecule has 2 nitrogen and oxygen atoms in total. The second-order valence-electron chi connectivity index (χ2n) is 5.71. The first-order chi connectivity index (χ1) is 7.74. The van der Waals surface area contributed by atoms with Crippen molar-refractivity contribution in [2.24, 2.45) is 5.92 Å². The molecule has 1 heterocycles. The first-order valence-corrected chi connectivity index (χ1v) is 7.23. The van der Waals surface area contributed by atoms with E-state index in [1.54, 1.807) is 0 Å². The van der Waals surface area contributed by atoms with Crippen LogP contribution < -0.4 is 5.32 Å². The van der Waals surface area contributed by atoms with Crippen molar-refractivity contribution < 1.29 is 0 Å². The SMILES string of the molecule is CCC1CC1N1CCCNC(CC)(CC)C1. The average molecular weight is 224 g/mol. The summed E-state index contributed by atoms with van der Waals surface area (Å²) in [5, 5.41) is 3.80. The fourth-order valence-electron chi connectivity index (χ4n) is 3.28. The van der Waals surface area contributed by atoms with Crippen molar-refractivity contribution in [1.29, 1.82) is 0 Å². The smallest absolute Gasteiger partial charge is 0.0303 e. The van der Waals surface area contributed by atoms with E-state index in [-0.39, 0.29) is 0 Å². The number of nitrogens with one attached hydrogen (secondary N) is 1. The lowest BCUT2D eigenvalue weighted by Gasteiger charge is -2.35. The maximum Gasteiger partial charge on any atom is 0.0303 e. The molecule has 94 valence electrons. The molecule has 0 bridgehead atoms. The molecular weight excluding hydrogens is 196 g/mol. The third kappa shape index (κ3) is 2.43. The van der Waals surface area contributed by atoms with E-state index in [0.717, 1.165) is 12.0 Å². The van der Waals surface area contributed by atoms with Crippen LogP contribution in [-0.2, 0) is 0 Å². The second kappa shape index (κ2) is 5.05. The van der Waals surface area contributed by atoms with E-state index in [4.69, 9.17) is 0 Å². The van der Waals surface area contributed by atoms with E-state index >= 15 is 0 Å². The highest BCUT2D eigenvalue weighted by Crippen LogP contribution is 2.39. The minimum Gasteiger partial charge on any atom is -0.310 e. The lowest BCUT2D eigenvalue weighted by molar-refractivity contribution is 0.183. The van der Waals surface area contributed by atoms with Crippen LogP contribution >= 0.6 is 0 Å². The van der Waals surface area contributed by atoms with Gasteiger partial charge >= 0.3 is 0 Å². The molecule has 0 amide bonds. The van der Waals surface area contributed by atoms with Gasteiger partial charge in [-0.2, -0.15) is 0 Å². The molecule has 2 atom stereocenters. The summed E-state index contributed by atoms with van der Waals surface area (Å²) in [4.78, 5) is 2.78. The van der Waals surface area contributed by atoms with Gasteiger partial charge in [-0.05, 0) is 44.7 Å². The molecule has 2 rings (SSSR count). The molecule has 1 aliphatic carbocycles. The third-order valence-electron chi connectivity index (χ3n) is 4.86. The summed E-state index contributed by atoms with van der Waals surface area (Å²) < 4.78 is 0. The minimum absolute atomic E-state index is 0.400. The Labute approximate surface area is 101 Å². The van der Waals surface area contributed by atoms with Crippen LogP contribution in [-0.4, -0.2) is 36.1 Å². The predicted molar refractivity (Wildman–Crippen MR) is 69.7 cm³/mol. The summed E-state index contributed by atoms with van der Waals surface area (Å²) in [5.41, 5.74) is 0.400. The Morgan fingerprint density at radius 1 is 1.25 bits per heavy atom. The highest BCUT2D eigenvalue weighted by atomic mass is 15.2. The maximum atomic E-state index is 3.80. The summed E-state index contributed by atoms with van der Waals surface area (Å²) in [6, 6.07) is 0.919. The Balaban J connectivity index is 1.98. The van der Waals surface area contributed by atoms with Crippen molar-refractivity contribution in [2.45, 2.75) is 64.5 Å². The van der Waals surface area contributed by atoms with Gasteiger partial charge in [-0.3, -0.25) is 4.90 Å². The van der Waals surface area contributed by atoms with E-state index in [9.17, 15) is 0 Å². The van der Waals surface area contributed by atoms with Gasteiger partial charge < -0.3 is 5.32 Å². The van der Waals surface area contributed by atoms with Gasteiger partial charge in [0.05, 0.1) is 0 Å². The standard InChI is InChI=1S/C14H28N2/c1-4-12-10-13(12)16-9-7-8-15-14(5-2,6-3)11-16/h12-13,15H,4-11H2,1-3H3. The van der Waals surface area contributed by atoms with E-state index in [1.807, 2.05) is 0 Å². The molecule has 1 N–H and O–H groups in total. The van der Waals surface area contributed by atoms with Crippen LogP contribution in [0.25, 0.3) is 0 Å². The van der Waals surface area contributed by atoms with Gasteiger partial charge in [0.2, 0.25) is 0 Å². The quantitative estimate of drug-likeness (QED) is 0.790. The van der Waals surface area contributed by atoms with Crippen molar-refractivity contribution in [2.75, 3.05) is 19.6 Å². The van der Waals surface area contributed by atoms with Gasteiger partial charge in [0.25, 0.3) is 0 Å². The Morgan fingerprint density at radius 3 is 2.56 bits per heavy atom. The minimum atomic E-state index is 0.400. The Bertz CT molecular complexity index is 223. The molecule has 2 fully saturated rings.